The van der Waals surface area contributed by atoms with Crippen LogP contribution in [0.4, 0.5) is 0 Å². The Kier molecular flexibility index (Phi) is 5.44. The SMILES string of the molecule is CCCN(CCCl)Cc1cccs1. The van der Waals surface area contributed by atoms with Crippen molar-refractivity contribution in [3.63, 3.8) is 0 Å². The molecule has 1 aromatic rings. The van der Waals surface area contributed by atoms with E-state index in [1.165, 1.54) is 11.3 Å². The van der Waals surface area contributed by atoms with Crippen LogP contribution in [0.1, 0.15) is 18.2 Å². The van der Waals surface area contributed by atoms with Gasteiger partial charge in [-0.1, -0.05) is 13.0 Å². The quantitative estimate of drug-likeness (QED) is 0.662. The van der Waals surface area contributed by atoms with E-state index in [2.05, 4.69) is 29.3 Å². The fourth-order valence-corrected chi connectivity index (χ4v) is 2.31. The van der Waals surface area contributed by atoms with Gasteiger partial charge < -0.3 is 0 Å². The van der Waals surface area contributed by atoms with Crippen LogP contribution in [0.5, 0.6) is 0 Å². The number of hydrogen-bond acceptors (Lipinski definition) is 2. The van der Waals surface area contributed by atoms with E-state index in [0.717, 1.165) is 25.5 Å². The maximum Gasteiger partial charge on any atom is 0.0351 e. The third kappa shape index (κ3) is 4.12. The van der Waals surface area contributed by atoms with Crippen LogP contribution in [0.25, 0.3) is 0 Å². The van der Waals surface area contributed by atoms with Crippen molar-refractivity contribution in [3.05, 3.63) is 22.4 Å². The molecule has 74 valence electrons. The smallest absolute Gasteiger partial charge is 0.0351 e. The van der Waals surface area contributed by atoms with Crippen LogP contribution in [-0.2, 0) is 6.54 Å². The van der Waals surface area contributed by atoms with E-state index in [1.54, 1.807) is 0 Å². The number of hydrogen-bond donors (Lipinski definition) is 0. The molecule has 1 nitrogen and oxygen atoms in total. The summed E-state index contributed by atoms with van der Waals surface area (Å²) in [4.78, 5) is 3.83. The maximum atomic E-state index is 5.73. The average molecular weight is 218 g/mol. The van der Waals surface area contributed by atoms with Crippen molar-refractivity contribution in [2.24, 2.45) is 0 Å². The van der Waals surface area contributed by atoms with E-state index in [4.69, 9.17) is 11.6 Å². The lowest BCUT2D eigenvalue weighted by molar-refractivity contribution is 0.285. The Labute approximate surface area is 89.3 Å². The second kappa shape index (κ2) is 6.41. The molecule has 0 radical (unpaired) electrons. The normalized spacial score (nSPS) is 11.0. The topological polar surface area (TPSA) is 3.24 Å². The van der Waals surface area contributed by atoms with Gasteiger partial charge in [0.25, 0.3) is 0 Å². The van der Waals surface area contributed by atoms with Gasteiger partial charge in [-0.05, 0) is 24.4 Å². The molecule has 1 heterocycles. The van der Waals surface area contributed by atoms with Gasteiger partial charge >= 0.3 is 0 Å². The number of halogens is 1. The Morgan fingerprint density at radius 2 is 2.31 bits per heavy atom. The Balaban J connectivity index is 2.37. The van der Waals surface area contributed by atoms with Gasteiger partial charge in [0.15, 0.2) is 0 Å². The molecular formula is C10H16ClNS. The first-order valence-electron chi connectivity index (χ1n) is 4.67. The minimum atomic E-state index is 0.728. The van der Waals surface area contributed by atoms with E-state index in [1.807, 2.05) is 11.3 Å². The van der Waals surface area contributed by atoms with Crippen molar-refractivity contribution in [3.8, 4) is 0 Å². The zero-order valence-electron chi connectivity index (χ0n) is 8.00. The van der Waals surface area contributed by atoms with Crippen molar-refractivity contribution < 1.29 is 0 Å². The van der Waals surface area contributed by atoms with Crippen LogP contribution in [0, 0.1) is 0 Å². The lowest BCUT2D eigenvalue weighted by Gasteiger charge is -2.19. The summed E-state index contributed by atoms with van der Waals surface area (Å²) in [7, 11) is 0. The van der Waals surface area contributed by atoms with Crippen molar-refractivity contribution in [2.45, 2.75) is 19.9 Å². The number of thiophene rings is 1. The maximum absolute atomic E-state index is 5.73. The van der Waals surface area contributed by atoms with E-state index in [0.29, 0.717) is 0 Å². The second-order valence-corrected chi connectivity index (χ2v) is 4.45. The highest BCUT2D eigenvalue weighted by atomic mass is 35.5. The van der Waals surface area contributed by atoms with Gasteiger partial charge in [-0.3, -0.25) is 4.90 Å². The molecule has 0 amide bonds. The molecule has 0 aliphatic carbocycles. The molecule has 3 heteroatoms. The molecule has 0 aromatic carbocycles. The molecular weight excluding hydrogens is 202 g/mol. The van der Waals surface area contributed by atoms with Crippen molar-refractivity contribution in [1.82, 2.24) is 4.90 Å². The highest BCUT2D eigenvalue weighted by Crippen LogP contribution is 2.11. The standard InChI is InChI=1S/C10H16ClNS/c1-2-6-12(7-5-11)9-10-4-3-8-13-10/h3-4,8H,2,5-7,9H2,1H3. The molecule has 0 aliphatic heterocycles. The molecule has 1 rings (SSSR count). The molecule has 1 aromatic heterocycles. The molecule has 0 saturated heterocycles. The first-order chi connectivity index (χ1) is 6.36. The summed E-state index contributed by atoms with van der Waals surface area (Å²) >= 11 is 7.55. The van der Waals surface area contributed by atoms with Crippen LogP contribution < -0.4 is 0 Å². The zero-order valence-corrected chi connectivity index (χ0v) is 9.57. The largest absolute Gasteiger partial charge is 0.297 e. The molecule has 0 aliphatic rings. The molecule has 0 bridgehead atoms. The fourth-order valence-electron chi connectivity index (χ4n) is 1.33. The number of rotatable bonds is 6. The van der Waals surface area contributed by atoms with Crippen LogP contribution in [0.15, 0.2) is 17.5 Å². The molecule has 13 heavy (non-hydrogen) atoms. The zero-order chi connectivity index (χ0) is 9.52. The van der Waals surface area contributed by atoms with Crippen molar-refractivity contribution in [1.29, 1.82) is 0 Å². The minimum Gasteiger partial charge on any atom is -0.297 e. The third-order valence-corrected chi connectivity index (χ3v) is 2.93. The molecule has 0 atom stereocenters. The van der Waals surface area contributed by atoms with E-state index in [9.17, 15) is 0 Å². The number of alkyl halides is 1. The summed E-state index contributed by atoms with van der Waals surface area (Å²) in [6, 6.07) is 4.28. The molecule has 0 saturated carbocycles. The van der Waals surface area contributed by atoms with Gasteiger partial charge in [-0.25, -0.2) is 0 Å². The van der Waals surface area contributed by atoms with Gasteiger partial charge in [0.1, 0.15) is 0 Å². The first kappa shape index (κ1) is 11.0. The Morgan fingerprint density at radius 1 is 1.46 bits per heavy atom. The Hall–Kier alpha value is -0.0500. The average Bonchev–Trinajstić information content (AvgIpc) is 2.58. The van der Waals surface area contributed by atoms with Gasteiger partial charge in [0.05, 0.1) is 0 Å². The van der Waals surface area contributed by atoms with E-state index < -0.39 is 0 Å². The second-order valence-electron chi connectivity index (χ2n) is 3.04. The van der Waals surface area contributed by atoms with Gasteiger partial charge in [0, 0.05) is 23.8 Å². The van der Waals surface area contributed by atoms with Crippen LogP contribution in [-0.4, -0.2) is 23.9 Å². The van der Waals surface area contributed by atoms with Crippen LogP contribution in [0.2, 0.25) is 0 Å². The lowest BCUT2D eigenvalue weighted by atomic mass is 10.3. The molecule has 0 unspecified atom stereocenters. The van der Waals surface area contributed by atoms with Crippen LogP contribution in [0.3, 0.4) is 0 Å². The van der Waals surface area contributed by atoms with Crippen LogP contribution >= 0.6 is 22.9 Å². The fraction of sp³-hybridized carbons (Fsp3) is 0.600. The number of nitrogens with zero attached hydrogens (tertiary/aromatic N) is 1. The highest BCUT2D eigenvalue weighted by Gasteiger charge is 2.04. The third-order valence-electron chi connectivity index (χ3n) is 1.90. The molecule has 0 N–H and O–H groups in total. The minimum absolute atomic E-state index is 0.728. The predicted octanol–water partition coefficient (Wildman–Crippen LogP) is 3.20. The Bertz CT molecular complexity index is 205. The van der Waals surface area contributed by atoms with Gasteiger partial charge in [-0.2, -0.15) is 0 Å². The molecule has 0 spiro atoms. The van der Waals surface area contributed by atoms with E-state index in [-0.39, 0.29) is 0 Å². The first-order valence-corrected chi connectivity index (χ1v) is 6.09. The van der Waals surface area contributed by atoms with Crippen molar-refractivity contribution in [2.75, 3.05) is 19.0 Å². The highest BCUT2D eigenvalue weighted by molar-refractivity contribution is 7.09. The summed E-state index contributed by atoms with van der Waals surface area (Å²) in [6.45, 7) is 5.39. The predicted molar refractivity (Wildman–Crippen MR) is 60.6 cm³/mol. The van der Waals surface area contributed by atoms with Gasteiger partial charge in [-0.15, -0.1) is 22.9 Å². The lowest BCUT2D eigenvalue weighted by Crippen LogP contribution is -2.25. The summed E-state index contributed by atoms with van der Waals surface area (Å²) < 4.78 is 0. The Morgan fingerprint density at radius 3 is 2.85 bits per heavy atom. The summed E-state index contributed by atoms with van der Waals surface area (Å²) in [5, 5.41) is 2.13. The monoisotopic (exact) mass is 217 g/mol. The summed E-state index contributed by atoms with van der Waals surface area (Å²) in [6.07, 6.45) is 1.20. The van der Waals surface area contributed by atoms with E-state index >= 15 is 0 Å². The summed E-state index contributed by atoms with van der Waals surface area (Å²) in [5.74, 6) is 0.728. The molecule has 0 fully saturated rings. The van der Waals surface area contributed by atoms with Crippen molar-refractivity contribution >= 4 is 22.9 Å². The summed E-state index contributed by atoms with van der Waals surface area (Å²) in [5.41, 5.74) is 0. The van der Waals surface area contributed by atoms with Gasteiger partial charge in [0.2, 0.25) is 0 Å².